The van der Waals surface area contributed by atoms with Crippen molar-refractivity contribution in [1.82, 2.24) is 25.1 Å². The number of halogens is 1. The van der Waals surface area contributed by atoms with E-state index in [1.54, 1.807) is 0 Å². The zero-order chi connectivity index (χ0) is 13.7. The third kappa shape index (κ3) is 3.28. The number of H-pyrrole nitrogens is 1. The minimum Gasteiger partial charge on any atom is -0.369 e. The van der Waals surface area contributed by atoms with E-state index in [0.29, 0.717) is 11.6 Å². The average Bonchev–Trinajstić information content (AvgIpc) is 2.94. The summed E-state index contributed by atoms with van der Waals surface area (Å²) in [4.78, 5) is 13.1. The van der Waals surface area contributed by atoms with E-state index in [9.17, 15) is 0 Å². The van der Waals surface area contributed by atoms with Crippen molar-refractivity contribution in [2.24, 2.45) is 0 Å². The molecule has 0 bridgehead atoms. The number of nitrogens with one attached hydrogen (secondary N) is 2. The van der Waals surface area contributed by atoms with Gasteiger partial charge in [0.2, 0.25) is 0 Å². The number of rotatable bonds is 6. The Balaban J connectivity index is 2.41. The number of hydrogen-bond donors (Lipinski definition) is 2. The molecule has 6 nitrogen and oxygen atoms in total. The van der Waals surface area contributed by atoms with Crippen LogP contribution in [0.4, 0.5) is 5.82 Å². The Labute approximate surface area is 120 Å². The SMILES string of the molecule is CCCNc1nc(-c2ncn[nH]2)nc(CCC)c1Br. The standard InChI is InChI=1S/C12H17BrN6/c1-3-5-8-9(13)10(14-6-4-2)18-12(17-8)11-15-7-16-19-11/h7H,3-6H2,1-2H3,(H,14,17,18)(H,15,16,19). The maximum absolute atomic E-state index is 4.54. The summed E-state index contributed by atoms with van der Waals surface area (Å²) in [5, 5.41) is 9.94. The minimum absolute atomic E-state index is 0.572. The molecule has 2 heterocycles. The van der Waals surface area contributed by atoms with E-state index in [0.717, 1.165) is 41.8 Å². The summed E-state index contributed by atoms with van der Waals surface area (Å²) >= 11 is 3.58. The first-order chi connectivity index (χ1) is 9.26. The van der Waals surface area contributed by atoms with Crippen molar-refractivity contribution in [3.63, 3.8) is 0 Å². The van der Waals surface area contributed by atoms with Gasteiger partial charge in [-0.1, -0.05) is 20.3 Å². The molecular formula is C12H17BrN6. The lowest BCUT2D eigenvalue weighted by atomic mass is 10.2. The number of nitrogens with zero attached hydrogens (tertiary/aromatic N) is 4. The van der Waals surface area contributed by atoms with Gasteiger partial charge in [0.25, 0.3) is 0 Å². The second-order valence-electron chi connectivity index (χ2n) is 4.17. The third-order valence-corrected chi connectivity index (χ3v) is 3.41. The Morgan fingerprint density at radius 3 is 2.74 bits per heavy atom. The summed E-state index contributed by atoms with van der Waals surface area (Å²) in [7, 11) is 0. The van der Waals surface area contributed by atoms with Gasteiger partial charge in [0, 0.05) is 6.54 Å². The fourth-order valence-corrected chi connectivity index (χ4v) is 2.19. The molecule has 0 amide bonds. The Morgan fingerprint density at radius 1 is 1.26 bits per heavy atom. The van der Waals surface area contributed by atoms with Crippen molar-refractivity contribution in [2.45, 2.75) is 33.1 Å². The second kappa shape index (κ2) is 6.60. The number of anilines is 1. The average molecular weight is 325 g/mol. The molecule has 7 heteroatoms. The van der Waals surface area contributed by atoms with E-state index >= 15 is 0 Å². The highest BCUT2D eigenvalue weighted by Crippen LogP contribution is 2.26. The number of aromatic nitrogens is 5. The van der Waals surface area contributed by atoms with Crippen LogP contribution in [0.25, 0.3) is 11.6 Å². The van der Waals surface area contributed by atoms with Crippen LogP contribution < -0.4 is 5.32 Å². The molecule has 19 heavy (non-hydrogen) atoms. The zero-order valence-corrected chi connectivity index (χ0v) is 12.7. The van der Waals surface area contributed by atoms with E-state index in [-0.39, 0.29) is 0 Å². The van der Waals surface area contributed by atoms with Gasteiger partial charge in [-0.2, -0.15) is 5.10 Å². The summed E-state index contributed by atoms with van der Waals surface area (Å²) in [6.45, 7) is 5.12. The molecule has 0 aromatic carbocycles. The first kappa shape index (κ1) is 13.9. The molecule has 102 valence electrons. The third-order valence-electron chi connectivity index (χ3n) is 2.58. The Hall–Kier alpha value is -1.50. The monoisotopic (exact) mass is 324 g/mol. The summed E-state index contributed by atoms with van der Waals surface area (Å²) in [5.41, 5.74) is 0.988. The topological polar surface area (TPSA) is 79.4 Å². The van der Waals surface area contributed by atoms with Crippen molar-refractivity contribution in [1.29, 1.82) is 0 Å². The fourth-order valence-electron chi connectivity index (χ4n) is 1.68. The van der Waals surface area contributed by atoms with E-state index in [1.807, 2.05) is 0 Å². The Kier molecular flexibility index (Phi) is 4.84. The van der Waals surface area contributed by atoms with Crippen LogP contribution in [0.2, 0.25) is 0 Å². The van der Waals surface area contributed by atoms with Gasteiger partial charge in [-0.3, -0.25) is 5.10 Å². The number of aryl methyl sites for hydroxylation is 1. The molecular weight excluding hydrogens is 308 g/mol. The molecule has 0 aliphatic carbocycles. The smallest absolute Gasteiger partial charge is 0.199 e. The molecule has 2 aromatic rings. The summed E-state index contributed by atoms with van der Waals surface area (Å²) in [6.07, 6.45) is 4.42. The first-order valence-corrected chi connectivity index (χ1v) is 7.21. The Morgan fingerprint density at radius 2 is 2.11 bits per heavy atom. The van der Waals surface area contributed by atoms with Gasteiger partial charge < -0.3 is 5.32 Å². The van der Waals surface area contributed by atoms with Gasteiger partial charge in [-0.15, -0.1) is 0 Å². The molecule has 0 atom stereocenters. The molecule has 2 N–H and O–H groups in total. The number of aromatic amines is 1. The van der Waals surface area contributed by atoms with E-state index in [1.165, 1.54) is 6.33 Å². The van der Waals surface area contributed by atoms with Crippen molar-refractivity contribution in [3.05, 3.63) is 16.5 Å². The quantitative estimate of drug-likeness (QED) is 0.854. The predicted octanol–water partition coefficient (Wildman–Crippen LogP) is 2.80. The normalized spacial score (nSPS) is 10.7. The lowest BCUT2D eigenvalue weighted by Crippen LogP contribution is -2.08. The van der Waals surface area contributed by atoms with Crippen LogP contribution in [0, 0.1) is 0 Å². The van der Waals surface area contributed by atoms with Crippen LogP contribution >= 0.6 is 15.9 Å². The van der Waals surface area contributed by atoms with Crippen molar-refractivity contribution >= 4 is 21.7 Å². The van der Waals surface area contributed by atoms with Gasteiger partial charge >= 0.3 is 0 Å². The Bertz CT molecular complexity index is 525. The van der Waals surface area contributed by atoms with E-state index in [4.69, 9.17) is 0 Å². The van der Waals surface area contributed by atoms with Crippen LogP contribution in [0.3, 0.4) is 0 Å². The minimum atomic E-state index is 0.572. The maximum atomic E-state index is 4.54. The van der Waals surface area contributed by atoms with E-state index < -0.39 is 0 Å². The molecule has 2 aromatic heterocycles. The van der Waals surface area contributed by atoms with Crippen LogP contribution in [0.5, 0.6) is 0 Å². The predicted molar refractivity (Wildman–Crippen MR) is 77.9 cm³/mol. The maximum Gasteiger partial charge on any atom is 0.199 e. The van der Waals surface area contributed by atoms with Gasteiger partial charge in [0.1, 0.15) is 12.1 Å². The van der Waals surface area contributed by atoms with Crippen LogP contribution in [0.1, 0.15) is 32.4 Å². The van der Waals surface area contributed by atoms with Gasteiger partial charge in [-0.25, -0.2) is 15.0 Å². The molecule has 0 saturated heterocycles. The fraction of sp³-hybridized carbons (Fsp3) is 0.500. The van der Waals surface area contributed by atoms with Gasteiger partial charge in [-0.05, 0) is 28.8 Å². The highest BCUT2D eigenvalue weighted by Gasteiger charge is 2.14. The summed E-state index contributed by atoms with van der Waals surface area (Å²) in [6, 6.07) is 0. The molecule has 0 radical (unpaired) electrons. The molecule has 0 saturated carbocycles. The molecule has 0 fully saturated rings. The molecule has 0 aliphatic rings. The van der Waals surface area contributed by atoms with Crippen LogP contribution in [-0.4, -0.2) is 31.7 Å². The highest BCUT2D eigenvalue weighted by atomic mass is 79.9. The zero-order valence-electron chi connectivity index (χ0n) is 11.1. The molecule has 0 aliphatic heterocycles. The van der Waals surface area contributed by atoms with Gasteiger partial charge in [0.15, 0.2) is 11.6 Å². The van der Waals surface area contributed by atoms with Crippen molar-refractivity contribution in [3.8, 4) is 11.6 Å². The van der Waals surface area contributed by atoms with Crippen molar-refractivity contribution < 1.29 is 0 Å². The van der Waals surface area contributed by atoms with E-state index in [2.05, 4.69) is 60.2 Å². The molecule has 2 rings (SSSR count). The molecule has 0 unspecified atom stereocenters. The number of hydrogen-bond acceptors (Lipinski definition) is 5. The largest absolute Gasteiger partial charge is 0.369 e. The summed E-state index contributed by atoms with van der Waals surface area (Å²) < 4.78 is 0.936. The van der Waals surface area contributed by atoms with Gasteiger partial charge in [0.05, 0.1) is 10.2 Å². The second-order valence-corrected chi connectivity index (χ2v) is 4.96. The van der Waals surface area contributed by atoms with Crippen LogP contribution in [-0.2, 0) is 6.42 Å². The van der Waals surface area contributed by atoms with Crippen LogP contribution in [0.15, 0.2) is 10.8 Å². The molecule has 0 spiro atoms. The lowest BCUT2D eigenvalue weighted by molar-refractivity contribution is 0.861. The lowest BCUT2D eigenvalue weighted by Gasteiger charge is -2.11. The first-order valence-electron chi connectivity index (χ1n) is 6.42. The van der Waals surface area contributed by atoms with Crippen molar-refractivity contribution in [2.75, 3.05) is 11.9 Å². The summed E-state index contributed by atoms with van der Waals surface area (Å²) in [5.74, 6) is 1.97. The highest BCUT2D eigenvalue weighted by molar-refractivity contribution is 9.10.